The summed E-state index contributed by atoms with van der Waals surface area (Å²) >= 11 is 1.88. The molecule has 1 heterocycles. The van der Waals surface area contributed by atoms with Crippen molar-refractivity contribution in [1.29, 1.82) is 0 Å². The Labute approximate surface area is 132 Å². The van der Waals surface area contributed by atoms with E-state index < -0.39 is 0 Å². The summed E-state index contributed by atoms with van der Waals surface area (Å²) in [6.07, 6.45) is 7.46. The highest BCUT2D eigenvalue weighted by Crippen LogP contribution is 2.29. The van der Waals surface area contributed by atoms with E-state index in [9.17, 15) is 4.79 Å². The van der Waals surface area contributed by atoms with Crippen molar-refractivity contribution in [2.24, 2.45) is 5.92 Å². The number of methoxy groups -OCH3 is 1. The van der Waals surface area contributed by atoms with Crippen molar-refractivity contribution >= 4 is 17.7 Å². The first kappa shape index (κ1) is 17.1. The maximum absolute atomic E-state index is 12.2. The molecule has 2 rings (SSSR count). The fourth-order valence-electron chi connectivity index (χ4n) is 3.08. The topological polar surface area (TPSA) is 38.8 Å². The molecular weight excluding hydrogens is 286 g/mol. The number of hydrogen-bond donors (Lipinski definition) is 0. The maximum Gasteiger partial charge on any atom is 0.232 e. The van der Waals surface area contributed by atoms with E-state index in [1.54, 1.807) is 7.11 Å². The predicted molar refractivity (Wildman–Crippen MR) is 86.7 cm³/mol. The largest absolute Gasteiger partial charge is 0.382 e. The van der Waals surface area contributed by atoms with Gasteiger partial charge in [0, 0.05) is 32.1 Å². The van der Waals surface area contributed by atoms with Crippen LogP contribution >= 0.6 is 11.8 Å². The van der Waals surface area contributed by atoms with Crippen LogP contribution in [0.2, 0.25) is 0 Å². The predicted octanol–water partition coefficient (Wildman–Crippen LogP) is 2.56. The van der Waals surface area contributed by atoms with Crippen molar-refractivity contribution in [3.8, 4) is 0 Å². The van der Waals surface area contributed by atoms with E-state index in [2.05, 4.69) is 0 Å². The van der Waals surface area contributed by atoms with Crippen LogP contribution in [0.15, 0.2) is 0 Å². The molecule has 0 bridgehead atoms. The average molecular weight is 315 g/mol. The molecule has 21 heavy (non-hydrogen) atoms. The van der Waals surface area contributed by atoms with Crippen molar-refractivity contribution < 1.29 is 14.3 Å². The minimum absolute atomic E-state index is 0.339. The molecule has 0 N–H and O–H groups in total. The van der Waals surface area contributed by atoms with Crippen LogP contribution in [0, 0.1) is 5.92 Å². The Hall–Kier alpha value is -0.260. The molecule has 1 saturated carbocycles. The van der Waals surface area contributed by atoms with E-state index in [0.717, 1.165) is 37.8 Å². The minimum Gasteiger partial charge on any atom is -0.382 e. The van der Waals surface area contributed by atoms with E-state index in [1.807, 2.05) is 16.7 Å². The van der Waals surface area contributed by atoms with Gasteiger partial charge in [-0.1, -0.05) is 12.8 Å². The zero-order valence-electron chi connectivity index (χ0n) is 13.2. The lowest BCUT2D eigenvalue weighted by Crippen LogP contribution is -2.40. The number of carbonyl (C=O) groups excluding carboxylic acids is 1. The zero-order valence-corrected chi connectivity index (χ0v) is 14.0. The number of ether oxygens (including phenoxy) is 2. The summed E-state index contributed by atoms with van der Waals surface area (Å²) in [5, 5.41) is 0.737. The fraction of sp³-hybridized carbons (Fsp3) is 0.938. The van der Waals surface area contributed by atoms with Crippen LogP contribution in [0.5, 0.6) is 0 Å². The molecule has 0 aromatic rings. The molecule has 122 valence electrons. The molecular formula is C16H29NO3S. The maximum atomic E-state index is 12.2. The first-order chi connectivity index (χ1) is 10.3. The molecule has 2 fully saturated rings. The van der Waals surface area contributed by atoms with Crippen molar-refractivity contribution in [2.45, 2.75) is 43.8 Å². The number of rotatable bonds is 8. The third-order valence-electron chi connectivity index (χ3n) is 4.50. The summed E-state index contributed by atoms with van der Waals surface area (Å²) < 4.78 is 10.6. The van der Waals surface area contributed by atoms with E-state index in [1.165, 1.54) is 25.7 Å². The van der Waals surface area contributed by atoms with Crippen LogP contribution in [0.4, 0.5) is 0 Å². The van der Waals surface area contributed by atoms with Gasteiger partial charge < -0.3 is 14.4 Å². The second-order valence-corrected chi connectivity index (χ2v) is 7.40. The molecule has 1 aliphatic carbocycles. The summed E-state index contributed by atoms with van der Waals surface area (Å²) in [6, 6.07) is 0. The highest BCUT2D eigenvalue weighted by Gasteiger charge is 2.24. The van der Waals surface area contributed by atoms with Crippen molar-refractivity contribution in [3.05, 3.63) is 0 Å². The van der Waals surface area contributed by atoms with Gasteiger partial charge in [0.2, 0.25) is 5.91 Å². The van der Waals surface area contributed by atoms with Gasteiger partial charge in [0.05, 0.1) is 19.0 Å². The van der Waals surface area contributed by atoms with Gasteiger partial charge in [0.1, 0.15) is 0 Å². The van der Waals surface area contributed by atoms with Gasteiger partial charge in [-0.05, 0) is 31.6 Å². The van der Waals surface area contributed by atoms with Crippen molar-refractivity contribution in [2.75, 3.05) is 45.8 Å². The molecule has 1 saturated heterocycles. The summed E-state index contributed by atoms with van der Waals surface area (Å²) in [7, 11) is 1.69. The molecule has 5 heteroatoms. The molecule has 0 radical (unpaired) electrons. The van der Waals surface area contributed by atoms with Gasteiger partial charge in [-0.25, -0.2) is 0 Å². The Bertz CT molecular complexity index is 300. The van der Waals surface area contributed by atoms with Crippen LogP contribution in [0.25, 0.3) is 0 Å². The number of likely N-dealkylation sites (tertiary alicyclic amines) is 1. The Morgan fingerprint density at radius 1 is 1.14 bits per heavy atom. The van der Waals surface area contributed by atoms with Gasteiger partial charge in [0.15, 0.2) is 0 Å². The minimum atomic E-state index is 0.339. The smallest absolute Gasteiger partial charge is 0.232 e. The van der Waals surface area contributed by atoms with E-state index in [-0.39, 0.29) is 0 Å². The lowest BCUT2D eigenvalue weighted by Gasteiger charge is -2.32. The van der Waals surface area contributed by atoms with Gasteiger partial charge in [-0.2, -0.15) is 0 Å². The van der Waals surface area contributed by atoms with E-state index >= 15 is 0 Å². The third-order valence-corrected chi connectivity index (χ3v) is 5.85. The number of nitrogens with zero attached hydrogens (tertiary/aromatic N) is 1. The number of piperidine rings is 1. The second-order valence-electron chi connectivity index (χ2n) is 6.11. The van der Waals surface area contributed by atoms with E-state index in [4.69, 9.17) is 9.47 Å². The molecule has 0 aromatic heterocycles. The Kier molecular flexibility index (Phi) is 7.89. The van der Waals surface area contributed by atoms with Crippen LogP contribution in [-0.4, -0.2) is 61.8 Å². The zero-order chi connectivity index (χ0) is 14.9. The molecule has 2 aliphatic rings. The molecule has 0 atom stereocenters. The van der Waals surface area contributed by atoms with Crippen LogP contribution in [-0.2, 0) is 14.3 Å². The summed E-state index contributed by atoms with van der Waals surface area (Å²) in [5.74, 6) is 1.62. The Morgan fingerprint density at radius 3 is 2.52 bits per heavy atom. The molecule has 0 unspecified atom stereocenters. The fourth-order valence-corrected chi connectivity index (χ4v) is 4.30. The van der Waals surface area contributed by atoms with Crippen molar-refractivity contribution in [1.82, 2.24) is 4.90 Å². The highest BCUT2D eigenvalue weighted by molar-refractivity contribution is 8.00. The van der Waals surface area contributed by atoms with E-state index in [0.29, 0.717) is 30.8 Å². The first-order valence-corrected chi connectivity index (χ1v) is 9.30. The average Bonchev–Trinajstić information content (AvgIpc) is 3.03. The number of carbonyl (C=O) groups is 1. The standard InChI is InChI=1S/C16H29NO3S/c1-19-10-11-20-12-14-6-8-17(9-7-14)16(18)13-21-15-4-2-3-5-15/h14-15H,2-13H2,1H3. The summed E-state index contributed by atoms with van der Waals surface area (Å²) in [5.41, 5.74) is 0. The number of hydrogen-bond acceptors (Lipinski definition) is 4. The molecule has 1 aliphatic heterocycles. The van der Waals surface area contributed by atoms with Crippen LogP contribution in [0.1, 0.15) is 38.5 Å². The van der Waals surface area contributed by atoms with Gasteiger partial charge in [-0.3, -0.25) is 4.79 Å². The number of thioether (sulfide) groups is 1. The second kappa shape index (κ2) is 9.70. The van der Waals surface area contributed by atoms with Gasteiger partial charge in [0.25, 0.3) is 0 Å². The van der Waals surface area contributed by atoms with Crippen LogP contribution < -0.4 is 0 Å². The molecule has 4 nitrogen and oxygen atoms in total. The first-order valence-electron chi connectivity index (χ1n) is 8.25. The quantitative estimate of drug-likeness (QED) is 0.645. The molecule has 0 spiro atoms. The Balaban J connectivity index is 1.56. The summed E-state index contributed by atoms with van der Waals surface area (Å²) in [4.78, 5) is 14.3. The van der Waals surface area contributed by atoms with Crippen LogP contribution in [0.3, 0.4) is 0 Å². The highest BCUT2D eigenvalue weighted by atomic mass is 32.2. The lowest BCUT2D eigenvalue weighted by molar-refractivity contribution is -0.130. The normalized spacial score (nSPS) is 21.1. The molecule has 0 aromatic carbocycles. The molecule has 1 amide bonds. The monoisotopic (exact) mass is 315 g/mol. The van der Waals surface area contributed by atoms with Crippen molar-refractivity contribution in [3.63, 3.8) is 0 Å². The van der Waals surface area contributed by atoms with Gasteiger partial charge >= 0.3 is 0 Å². The van der Waals surface area contributed by atoms with Gasteiger partial charge in [-0.15, -0.1) is 11.8 Å². The SMILES string of the molecule is COCCOCC1CCN(C(=O)CSC2CCCC2)CC1. The summed E-state index contributed by atoms with van der Waals surface area (Å²) in [6.45, 7) is 3.95. The number of amides is 1. The Morgan fingerprint density at radius 2 is 1.86 bits per heavy atom. The lowest BCUT2D eigenvalue weighted by atomic mass is 9.98. The third kappa shape index (κ3) is 6.17.